The molecule has 0 fully saturated rings. The maximum Gasteiger partial charge on any atom is 0.304 e. The van der Waals surface area contributed by atoms with Gasteiger partial charge in [0.05, 0.1) is 6.61 Å². The van der Waals surface area contributed by atoms with Gasteiger partial charge in [-0.05, 0) is 6.92 Å². The zero-order valence-electron chi connectivity index (χ0n) is 5.41. The molecule has 0 aliphatic carbocycles. The fourth-order valence-electron chi connectivity index (χ4n) is 0.314. The zero-order chi connectivity index (χ0) is 8.20. The number of hydrogen-bond acceptors (Lipinski definition) is 3. The summed E-state index contributed by atoms with van der Waals surface area (Å²) < 4.78 is 35.4. The van der Waals surface area contributed by atoms with E-state index in [9.17, 15) is 17.4 Å². The van der Waals surface area contributed by atoms with Crippen molar-refractivity contribution in [2.45, 2.75) is 13.2 Å². The largest absolute Gasteiger partial charge is 0.349 e. The van der Waals surface area contributed by atoms with Crippen molar-refractivity contribution in [1.29, 1.82) is 0 Å². The molecule has 10 heavy (non-hydrogen) atoms. The van der Waals surface area contributed by atoms with Gasteiger partial charge in [0.25, 0.3) is 0 Å². The van der Waals surface area contributed by atoms with Gasteiger partial charge in [0, 0.05) is 0 Å². The van der Waals surface area contributed by atoms with Crippen molar-refractivity contribution in [2.24, 2.45) is 0 Å². The summed E-state index contributed by atoms with van der Waals surface area (Å²) in [6, 6.07) is 0. The Bertz CT molecular complexity index is 174. The van der Waals surface area contributed by atoms with Gasteiger partial charge in [-0.1, -0.05) is 0 Å². The molecule has 4 nitrogen and oxygen atoms in total. The van der Waals surface area contributed by atoms with E-state index in [1.165, 1.54) is 6.92 Å². The van der Waals surface area contributed by atoms with E-state index in [0.29, 0.717) is 0 Å². The van der Waals surface area contributed by atoms with Crippen LogP contribution in [0.4, 0.5) is 3.89 Å². The molecule has 0 aliphatic rings. The Morgan fingerprint density at radius 1 is 1.60 bits per heavy atom. The normalized spacial score (nSPS) is 15.1. The van der Waals surface area contributed by atoms with Crippen LogP contribution in [0.1, 0.15) is 6.92 Å². The zero-order valence-corrected chi connectivity index (χ0v) is 6.23. The van der Waals surface area contributed by atoms with Crippen LogP contribution in [0.5, 0.6) is 0 Å². The van der Waals surface area contributed by atoms with Crippen molar-refractivity contribution in [3.05, 3.63) is 0 Å². The maximum atomic E-state index is 11.6. The molecule has 0 aromatic carbocycles. The summed E-state index contributed by atoms with van der Waals surface area (Å²) in [5.74, 6) is -0.750. The van der Waals surface area contributed by atoms with Crippen LogP contribution in [0.2, 0.25) is 0 Å². The van der Waals surface area contributed by atoms with Gasteiger partial charge in [-0.3, -0.25) is 0 Å². The first-order valence-corrected chi connectivity index (χ1v) is 4.17. The molecule has 0 aliphatic heterocycles. The summed E-state index contributed by atoms with van der Waals surface area (Å²) in [4.78, 5) is 0. The second kappa shape index (κ2) is 3.85. The molecule has 6 heteroatoms. The molecule has 61 valence electrons. The van der Waals surface area contributed by atoms with Gasteiger partial charge in [0.1, 0.15) is 5.75 Å². The van der Waals surface area contributed by atoms with Gasteiger partial charge in [-0.25, -0.2) is 5.11 Å². The molecule has 0 heterocycles. The third-order valence-electron chi connectivity index (χ3n) is 0.680. The third kappa shape index (κ3) is 7.80. The van der Waals surface area contributed by atoms with Crippen molar-refractivity contribution >= 4 is 10.2 Å². The number of hydrogen-bond donors (Lipinski definition) is 0. The lowest BCUT2D eigenvalue weighted by Crippen LogP contribution is -2.12. The molecule has 0 N–H and O–H groups in total. The molecule has 0 bridgehead atoms. The Hall–Kier alpha value is -0.200. The SMILES string of the molecule is CC([O])OCCS(=O)(=O)F. The monoisotopic (exact) mass is 171 g/mol. The Labute approximate surface area is 58.8 Å². The molecule has 1 unspecified atom stereocenters. The van der Waals surface area contributed by atoms with E-state index in [0.717, 1.165) is 0 Å². The lowest BCUT2D eigenvalue weighted by Gasteiger charge is -2.00. The second-order valence-corrected chi connectivity index (χ2v) is 3.17. The Kier molecular flexibility index (Phi) is 3.77. The molecule has 0 amide bonds. The average molecular weight is 171 g/mol. The van der Waals surface area contributed by atoms with Gasteiger partial charge >= 0.3 is 10.2 Å². The predicted molar refractivity (Wildman–Crippen MR) is 31.0 cm³/mol. The molecule has 0 aromatic rings. The summed E-state index contributed by atoms with van der Waals surface area (Å²) >= 11 is 0. The molecule has 0 saturated carbocycles. The fraction of sp³-hybridized carbons (Fsp3) is 1.00. The molecular formula is C4H8FO4S. The highest BCUT2D eigenvalue weighted by molar-refractivity contribution is 7.86. The van der Waals surface area contributed by atoms with Crippen molar-refractivity contribution in [3.63, 3.8) is 0 Å². The quantitative estimate of drug-likeness (QED) is 0.444. The number of halogens is 1. The van der Waals surface area contributed by atoms with Crippen molar-refractivity contribution in [1.82, 2.24) is 0 Å². The molecule has 1 radical (unpaired) electrons. The van der Waals surface area contributed by atoms with E-state index >= 15 is 0 Å². The van der Waals surface area contributed by atoms with Crippen LogP contribution in [0.25, 0.3) is 0 Å². The van der Waals surface area contributed by atoms with Crippen LogP contribution >= 0.6 is 0 Å². The predicted octanol–water partition coefficient (Wildman–Crippen LogP) is 0.0788. The first-order chi connectivity index (χ1) is 4.42. The topological polar surface area (TPSA) is 63.3 Å². The van der Waals surface area contributed by atoms with E-state index in [1.54, 1.807) is 0 Å². The van der Waals surface area contributed by atoms with E-state index in [1.807, 2.05) is 0 Å². The first kappa shape index (κ1) is 9.80. The second-order valence-electron chi connectivity index (χ2n) is 1.68. The summed E-state index contributed by atoms with van der Waals surface area (Å²) in [6.07, 6.45) is -1.30. The van der Waals surface area contributed by atoms with Gasteiger partial charge in [-0.2, -0.15) is 8.42 Å². The minimum atomic E-state index is -4.48. The van der Waals surface area contributed by atoms with E-state index < -0.39 is 22.3 Å². The Balaban J connectivity index is 3.39. The molecule has 0 spiro atoms. The number of rotatable bonds is 4. The van der Waals surface area contributed by atoms with Gasteiger partial charge in [-0.15, -0.1) is 3.89 Å². The summed E-state index contributed by atoms with van der Waals surface area (Å²) in [6.45, 7) is 0.814. The maximum absolute atomic E-state index is 11.6. The van der Waals surface area contributed by atoms with E-state index in [2.05, 4.69) is 4.74 Å². The summed E-state index contributed by atoms with van der Waals surface area (Å²) in [7, 11) is -4.48. The van der Waals surface area contributed by atoms with Crippen LogP contribution in [-0.2, 0) is 20.1 Å². The minimum absolute atomic E-state index is 0.385. The van der Waals surface area contributed by atoms with Crippen LogP contribution in [0.3, 0.4) is 0 Å². The van der Waals surface area contributed by atoms with Crippen molar-refractivity contribution in [3.8, 4) is 0 Å². The average Bonchev–Trinajstić information content (AvgIpc) is 1.59. The number of ether oxygens (including phenoxy) is 1. The summed E-state index contributed by atoms with van der Waals surface area (Å²) in [5.41, 5.74) is 0. The summed E-state index contributed by atoms with van der Waals surface area (Å²) in [5, 5.41) is 10.1. The smallest absolute Gasteiger partial charge is 0.304 e. The molecule has 0 saturated heterocycles. The highest BCUT2D eigenvalue weighted by atomic mass is 32.3. The molecule has 0 rings (SSSR count). The third-order valence-corrected chi connectivity index (χ3v) is 1.33. The lowest BCUT2D eigenvalue weighted by molar-refractivity contribution is -0.122. The Morgan fingerprint density at radius 3 is 2.40 bits per heavy atom. The standard InChI is InChI=1S/C4H8FO4S/c1-4(6)9-2-3-10(5,7)8/h4H,2-3H2,1H3. The molecular weight excluding hydrogens is 163 g/mol. The highest BCUT2D eigenvalue weighted by Gasteiger charge is 2.07. The Morgan fingerprint density at radius 2 is 2.10 bits per heavy atom. The van der Waals surface area contributed by atoms with E-state index in [-0.39, 0.29) is 6.61 Å². The fourth-order valence-corrected chi connectivity index (χ4v) is 0.609. The highest BCUT2D eigenvalue weighted by Crippen LogP contribution is 1.92. The van der Waals surface area contributed by atoms with Crippen LogP contribution < -0.4 is 0 Å². The minimum Gasteiger partial charge on any atom is -0.349 e. The van der Waals surface area contributed by atoms with E-state index in [4.69, 9.17) is 0 Å². The van der Waals surface area contributed by atoms with Gasteiger partial charge < -0.3 is 4.74 Å². The van der Waals surface area contributed by atoms with Gasteiger partial charge in [0.15, 0.2) is 6.29 Å². The van der Waals surface area contributed by atoms with Crippen molar-refractivity contribution < 1.29 is 22.1 Å². The molecule has 0 aromatic heterocycles. The van der Waals surface area contributed by atoms with Crippen LogP contribution in [-0.4, -0.2) is 27.1 Å². The van der Waals surface area contributed by atoms with Gasteiger partial charge in [0.2, 0.25) is 0 Å². The van der Waals surface area contributed by atoms with Crippen molar-refractivity contribution in [2.75, 3.05) is 12.4 Å². The van der Waals surface area contributed by atoms with Crippen LogP contribution in [0.15, 0.2) is 0 Å². The lowest BCUT2D eigenvalue weighted by atomic mass is 10.7. The van der Waals surface area contributed by atoms with Crippen LogP contribution in [0, 0.1) is 0 Å². The first-order valence-electron chi connectivity index (χ1n) is 2.61. The molecule has 1 atom stereocenters.